The highest BCUT2D eigenvalue weighted by molar-refractivity contribution is 5.90. The average Bonchev–Trinajstić information content (AvgIpc) is 2.73. The van der Waals surface area contributed by atoms with Crippen LogP contribution in [0.3, 0.4) is 0 Å². The minimum absolute atomic E-state index is 0.0930. The lowest BCUT2D eigenvalue weighted by molar-refractivity contribution is -0.137. The molecule has 2 N–H and O–H groups in total. The molecule has 1 amide bonds. The van der Waals surface area contributed by atoms with Gasteiger partial charge in [0.15, 0.2) is 0 Å². The summed E-state index contributed by atoms with van der Waals surface area (Å²) in [4.78, 5) is 25.4. The van der Waals surface area contributed by atoms with Crippen LogP contribution in [0.4, 0.5) is 19.0 Å². The van der Waals surface area contributed by atoms with E-state index in [1.54, 1.807) is 19.9 Å². The molecule has 0 bridgehead atoms. The lowest BCUT2D eigenvalue weighted by Gasteiger charge is -2.19. The Morgan fingerprint density at radius 3 is 2.53 bits per heavy atom. The van der Waals surface area contributed by atoms with Gasteiger partial charge in [0.05, 0.1) is 18.2 Å². The molecular weight excluding hydrogens is 421 g/mol. The molecule has 1 aromatic heterocycles. The molecule has 3 aromatic rings. The minimum Gasteiger partial charge on any atom is -0.363 e. The SMILES string of the molecule is CONC(=O)CC(C)c1ccc2nc(C)nc(N[C@H](C)c3cccc(C(F)(F)F)c3)c2c1. The third-order valence-corrected chi connectivity index (χ3v) is 5.18. The number of aryl methyl sites for hydroxylation is 1. The van der Waals surface area contributed by atoms with Crippen molar-refractivity contribution in [2.45, 2.75) is 45.3 Å². The van der Waals surface area contributed by atoms with Crippen molar-refractivity contribution in [1.29, 1.82) is 0 Å². The summed E-state index contributed by atoms with van der Waals surface area (Å²) >= 11 is 0. The second-order valence-corrected chi connectivity index (χ2v) is 7.72. The van der Waals surface area contributed by atoms with Crippen molar-refractivity contribution in [3.63, 3.8) is 0 Å². The molecule has 170 valence electrons. The standard InChI is InChI=1S/C23H25F3N4O2/c1-13(10-21(31)30-32-4)16-8-9-20-19(12-16)22(29-15(3)28-20)27-14(2)17-6-5-7-18(11-17)23(24,25)26/h5-9,11-14H,10H2,1-4H3,(H,30,31)(H,27,28,29)/t13?,14-/m1/s1. The van der Waals surface area contributed by atoms with Crippen molar-refractivity contribution in [3.8, 4) is 0 Å². The van der Waals surface area contributed by atoms with E-state index >= 15 is 0 Å². The van der Waals surface area contributed by atoms with Crippen LogP contribution >= 0.6 is 0 Å². The Labute approximate surface area is 184 Å². The van der Waals surface area contributed by atoms with Crippen molar-refractivity contribution >= 4 is 22.6 Å². The lowest BCUT2D eigenvalue weighted by atomic mass is 9.96. The van der Waals surface area contributed by atoms with Gasteiger partial charge in [-0.05, 0) is 55.2 Å². The van der Waals surface area contributed by atoms with Gasteiger partial charge in [-0.1, -0.05) is 25.1 Å². The summed E-state index contributed by atoms with van der Waals surface area (Å²) in [6.45, 7) is 5.45. The maximum absolute atomic E-state index is 13.1. The molecular formula is C23H25F3N4O2. The number of anilines is 1. The predicted molar refractivity (Wildman–Crippen MR) is 116 cm³/mol. The molecule has 0 spiro atoms. The van der Waals surface area contributed by atoms with Crippen molar-refractivity contribution in [2.75, 3.05) is 12.4 Å². The van der Waals surface area contributed by atoms with Gasteiger partial charge in [0.1, 0.15) is 11.6 Å². The van der Waals surface area contributed by atoms with Crippen molar-refractivity contribution in [2.24, 2.45) is 0 Å². The van der Waals surface area contributed by atoms with Crippen LogP contribution in [0.2, 0.25) is 0 Å². The summed E-state index contributed by atoms with van der Waals surface area (Å²) in [6, 6.07) is 10.5. The number of aromatic nitrogens is 2. The molecule has 2 atom stereocenters. The van der Waals surface area contributed by atoms with Gasteiger partial charge in [0.2, 0.25) is 5.91 Å². The first kappa shape index (κ1) is 23.5. The number of fused-ring (bicyclic) bond motifs is 1. The molecule has 0 aliphatic rings. The second-order valence-electron chi connectivity index (χ2n) is 7.72. The Morgan fingerprint density at radius 1 is 1.09 bits per heavy atom. The molecule has 0 aliphatic heterocycles. The van der Waals surface area contributed by atoms with E-state index in [-0.39, 0.29) is 18.2 Å². The zero-order chi connectivity index (χ0) is 23.5. The van der Waals surface area contributed by atoms with E-state index in [4.69, 9.17) is 0 Å². The molecule has 6 nitrogen and oxygen atoms in total. The maximum atomic E-state index is 13.1. The zero-order valence-corrected chi connectivity index (χ0v) is 18.2. The highest BCUT2D eigenvalue weighted by Crippen LogP contribution is 2.32. The van der Waals surface area contributed by atoms with Gasteiger partial charge in [-0.2, -0.15) is 13.2 Å². The Hall–Kier alpha value is -3.20. The monoisotopic (exact) mass is 446 g/mol. The predicted octanol–water partition coefficient (Wildman–Crippen LogP) is 5.30. The number of halogens is 3. The zero-order valence-electron chi connectivity index (χ0n) is 18.2. The molecule has 0 aliphatic carbocycles. The highest BCUT2D eigenvalue weighted by atomic mass is 19.4. The highest BCUT2D eigenvalue weighted by Gasteiger charge is 2.30. The summed E-state index contributed by atoms with van der Waals surface area (Å²) in [5.74, 6) is 0.727. The summed E-state index contributed by atoms with van der Waals surface area (Å²) in [5, 5.41) is 3.96. The molecule has 32 heavy (non-hydrogen) atoms. The van der Waals surface area contributed by atoms with E-state index in [1.165, 1.54) is 13.2 Å². The number of hydrogen-bond donors (Lipinski definition) is 2. The van der Waals surface area contributed by atoms with Crippen LogP contribution in [0.5, 0.6) is 0 Å². The number of hydrogen-bond acceptors (Lipinski definition) is 5. The van der Waals surface area contributed by atoms with Crippen molar-refractivity contribution in [1.82, 2.24) is 15.4 Å². The van der Waals surface area contributed by atoms with Crippen LogP contribution in [-0.4, -0.2) is 23.0 Å². The van der Waals surface area contributed by atoms with Crippen molar-refractivity contribution in [3.05, 3.63) is 65.0 Å². The first-order valence-corrected chi connectivity index (χ1v) is 10.1. The number of amides is 1. The van der Waals surface area contributed by atoms with Crippen LogP contribution < -0.4 is 10.8 Å². The fourth-order valence-electron chi connectivity index (χ4n) is 3.50. The molecule has 9 heteroatoms. The molecule has 2 aromatic carbocycles. The van der Waals surface area contributed by atoms with Crippen LogP contribution in [0.25, 0.3) is 10.9 Å². The van der Waals surface area contributed by atoms with E-state index in [0.29, 0.717) is 22.7 Å². The van der Waals surface area contributed by atoms with E-state index in [1.807, 2.05) is 25.1 Å². The summed E-state index contributed by atoms with van der Waals surface area (Å²) in [7, 11) is 1.38. The van der Waals surface area contributed by atoms with Crippen LogP contribution in [0.1, 0.15) is 54.7 Å². The van der Waals surface area contributed by atoms with Crippen LogP contribution in [0, 0.1) is 6.92 Å². The Morgan fingerprint density at radius 2 is 1.84 bits per heavy atom. The number of nitrogens with one attached hydrogen (secondary N) is 2. The third kappa shape index (κ3) is 5.53. The van der Waals surface area contributed by atoms with Gasteiger partial charge in [0, 0.05) is 17.8 Å². The van der Waals surface area contributed by atoms with Crippen molar-refractivity contribution < 1.29 is 22.8 Å². The first-order chi connectivity index (χ1) is 15.1. The van der Waals surface area contributed by atoms with Crippen LogP contribution in [-0.2, 0) is 15.8 Å². The Balaban J connectivity index is 1.93. The topological polar surface area (TPSA) is 76.1 Å². The molecule has 0 saturated carbocycles. The average molecular weight is 446 g/mol. The van der Waals surface area contributed by atoms with Gasteiger partial charge in [-0.25, -0.2) is 15.4 Å². The quantitative estimate of drug-likeness (QED) is 0.482. The van der Waals surface area contributed by atoms with Gasteiger partial charge >= 0.3 is 6.18 Å². The third-order valence-electron chi connectivity index (χ3n) is 5.18. The number of carbonyl (C=O) groups is 1. The summed E-state index contributed by atoms with van der Waals surface area (Å²) < 4.78 is 39.3. The van der Waals surface area contributed by atoms with Gasteiger partial charge < -0.3 is 5.32 Å². The normalized spacial score (nSPS) is 13.6. The molecule has 1 heterocycles. The van der Waals surface area contributed by atoms with E-state index < -0.39 is 17.8 Å². The minimum atomic E-state index is -4.41. The van der Waals surface area contributed by atoms with E-state index in [2.05, 4.69) is 25.6 Å². The molecule has 3 rings (SSSR count). The fraction of sp³-hybridized carbons (Fsp3) is 0.348. The van der Waals surface area contributed by atoms with Gasteiger partial charge in [-0.15, -0.1) is 0 Å². The Kier molecular flexibility index (Phi) is 6.98. The summed E-state index contributed by atoms with van der Waals surface area (Å²) in [6.07, 6.45) is -4.18. The second kappa shape index (κ2) is 9.52. The number of nitrogens with zero attached hydrogens (tertiary/aromatic N) is 2. The Bertz CT molecular complexity index is 1120. The van der Waals surface area contributed by atoms with Gasteiger partial charge in [-0.3, -0.25) is 9.63 Å². The number of alkyl halides is 3. The molecule has 0 saturated heterocycles. The van der Waals surface area contributed by atoms with E-state index in [9.17, 15) is 18.0 Å². The fourth-order valence-corrected chi connectivity index (χ4v) is 3.50. The number of carbonyl (C=O) groups excluding carboxylic acids is 1. The lowest BCUT2D eigenvalue weighted by Crippen LogP contribution is -2.23. The van der Waals surface area contributed by atoms with Crippen LogP contribution in [0.15, 0.2) is 42.5 Å². The van der Waals surface area contributed by atoms with E-state index in [0.717, 1.165) is 23.1 Å². The first-order valence-electron chi connectivity index (χ1n) is 10.1. The smallest absolute Gasteiger partial charge is 0.363 e. The number of hydroxylamine groups is 1. The van der Waals surface area contributed by atoms with Gasteiger partial charge in [0.25, 0.3) is 0 Å². The molecule has 1 unspecified atom stereocenters. The molecule has 0 radical (unpaired) electrons. The maximum Gasteiger partial charge on any atom is 0.416 e. The molecule has 0 fully saturated rings. The largest absolute Gasteiger partial charge is 0.416 e. The number of benzene rings is 2. The number of rotatable bonds is 7. The summed E-state index contributed by atoms with van der Waals surface area (Å²) in [5.41, 5.74) is 3.71.